The van der Waals surface area contributed by atoms with Crippen molar-refractivity contribution in [2.45, 2.75) is 6.54 Å². The van der Waals surface area contributed by atoms with Gasteiger partial charge in [-0.2, -0.15) is 0 Å². The van der Waals surface area contributed by atoms with Crippen LogP contribution in [-0.2, 0) is 6.54 Å². The molecule has 2 aromatic rings. The molecule has 0 aromatic heterocycles. The lowest BCUT2D eigenvalue weighted by Crippen LogP contribution is -2.17. The van der Waals surface area contributed by atoms with Crippen LogP contribution in [0.3, 0.4) is 0 Å². The van der Waals surface area contributed by atoms with Crippen LogP contribution in [-0.4, -0.2) is 7.05 Å². The first kappa shape index (κ1) is 12.7. The third kappa shape index (κ3) is 2.93. The SMILES string of the molecule is CN(Cc1cccc(F)c1)c1cc(Cl)ccc1N. The van der Waals surface area contributed by atoms with Gasteiger partial charge >= 0.3 is 0 Å². The molecule has 94 valence electrons. The fourth-order valence-electron chi connectivity index (χ4n) is 1.84. The van der Waals surface area contributed by atoms with E-state index in [1.807, 2.05) is 18.0 Å². The molecule has 0 radical (unpaired) electrons. The number of hydrogen-bond acceptors (Lipinski definition) is 2. The molecule has 0 saturated carbocycles. The Hall–Kier alpha value is -1.74. The molecule has 0 amide bonds. The molecule has 0 fully saturated rings. The predicted molar refractivity (Wildman–Crippen MR) is 74.4 cm³/mol. The van der Waals surface area contributed by atoms with Crippen LogP contribution in [0.1, 0.15) is 5.56 Å². The topological polar surface area (TPSA) is 29.3 Å². The number of halogens is 2. The largest absolute Gasteiger partial charge is 0.397 e. The van der Waals surface area contributed by atoms with Crippen molar-refractivity contribution in [3.63, 3.8) is 0 Å². The lowest BCUT2D eigenvalue weighted by atomic mass is 10.2. The number of nitrogens with zero attached hydrogens (tertiary/aromatic N) is 1. The smallest absolute Gasteiger partial charge is 0.123 e. The zero-order valence-electron chi connectivity index (χ0n) is 10.0. The first-order valence-electron chi connectivity index (χ1n) is 5.57. The van der Waals surface area contributed by atoms with Gasteiger partial charge in [-0.3, -0.25) is 0 Å². The van der Waals surface area contributed by atoms with Gasteiger partial charge in [0.05, 0.1) is 11.4 Å². The summed E-state index contributed by atoms with van der Waals surface area (Å²) in [5.41, 5.74) is 8.28. The molecule has 0 heterocycles. The molecule has 0 bridgehead atoms. The summed E-state index contributed by atoms with van der Waals surface area (Å²) in [4.78, 5) is 1.94. The van der Waals surface area contributed by atoms with Crippen LogP contribution in [0, 0.1) is 5.82 Å². The standard InChI is InChI=1S/C14H14ClFN2/c1-18(9-10-3-2-4-12(16)7-10)14-8-11(15)5-6-13(14)17/h2-8H,9,17H2,1H3. The Labute approximate surface area is 111 Å². The van der Waals surface area contributed by atoms with Gasteiger partial charge in [-0.05, 0) is 35.9 Å². The van der Waals surface area contributed by atoms with E-state index < -0.39 is 0 Å². The molecule has 0 atom stereocenters. The molecule has 2 N–H and O–H groups in total. The van der Waals surface area contributed by atoms with Crippen LogP contribution in [0.25, 0.3) is 0 Å². The molecule has 0 aliphatic heterocycles. The average Bonchev–Trinajstić information content (AvgIpc) is 2.32. The summed E-state index contributed by atoms with van der Waals surface area (Å²) in [5.74, 6) is -0.236. The van der Waals surface area contributed by atoms with Crippen LogP contribution in [0.5, 0.6) is 0 Å². The number of anilines is 2. The van der Waals surface area contributed by atoms with Gasteiger partial charge in [-0.1, -0.05) is 23.7 Å². The van der Waals surface area contributed by atoms with E-state index in [9.17, 15) is 4.39 Å². The minimum atomic E-state index is -0.236. The van der Waals surface area contributed by atoms with E-state index in [2.05, 4.69) is 0 Å². The summed E-state index contributed by atoms with van der Waals surface area (Å²) >= 11 is 5.95. The summed E-state index contributed by atoms with van der Waals surface area (Å²) in [6.07, 6.45) is 0. The number of hydrogen-bond donors (Lipinski definition) is 1. The van der Waals surface area contributed by atoms with Crippen molar-refractivity contribution in [1.82, 2.24) is 0 Å². The lowest BCUT2D eigenvalue weighted by molar-refractivity contribution is 0.625. The Morgan fingerprint density at radius 3 is 2.72 bits per heavy atom. The van der Waals surface area contributed by atoms with Gasteiger partial charge in [-0.25, -0.2) is 4.39 Å². The van der Waals surface area contributed by atoms with Crippen molar-refractivity contribution < 1.29 is 4.39 Å². The molecule has 0 saturated heterocycles. The molecule has 2 aromatic carbocycles. The number of nitrogen functional groups attached to an aromatic ring is 1. The van der Waals surface area contributed by atoms with Crippen LogP contribution < -0.4 is 10.6 Å². The van der Waals surface area contributed by atoms with Crippen molar-refractivity contribution in [1.29, 1.82) is 0 Å². The fourth-order valence-corrected chi connectivity index (χ4v) is 2.01. The van der Waals surface area contributed by atoms with E-state index in [-0.39, 0.29) is 5.82 Å². The number of nitrogens with two attached hydrogens (primary N) is 1. The zero-order chi connectivity index (χ0) is 13.1. The highest BCUT2D eigenvalue weighted by Crippen LogP contribution is 2.27. The lowest BCUT2D eigenvalue weighted by Gasteiger charge is -2.21. The Bertz CT molecular complexity index is 557. The highest BCUT2D eigenvalue weighted by atomic mass is 35.5. The van der Waals surface area contributed by atoms with Crippen LogP contribution in [0.2, 0.25) is 5.02 Å². The van der Waals surface area contributed by atoms with Crippen LogP contribution >= 0.6 is 11.6 Å². The number of benzene rings is 2. The summed E-state index contributed by atoms with van der Waals surface area (Å²) < 4.78 is 13.1. The second-order valence-corrected chi connectivity index (χ2v) is 4.63. The number of rotatable bonds is 3. The van der Waals surface area contributed by atoms with Gasteiger partial charge in [0.1, 0.15) is 5.82 Å². The molecule has 0 unspecified atom stereocenters. The molecule has 0 aliphatic rings. The summed E-state index contributed by atoms with van der Waals surface area (Å²) in [6, 6.07) is 11.8. The maximum Gasteiger partial charge on any atom is 0.123 e. The summed E-state index contributed by atoms with van der Waals surface area (Å²) in [7, 11) is 1.90. The van der Waals surface area contributed by atoms with E-state index in [0.29, 0.717) is 17.3 Å². The maximum absolute atomic E-state index is 13.1. The van der Waals surface area contributed by atoms with E-state index in [4.69, 9.17) is 17.3 Å². The van der Waals surface area contributed by atoms with E-state index in [1.54, 1.807) is 24.3 Å². The molecular formula is C14H14ClFN2. The van der Waals surface area contributed by atoms with Gasteiger partial charge in [0.2, 0.25) is 0 Å². The molecule has 18 heavy (non-hydrogen) atoms. The molecule has 2 nitrogen and oxygen atoms in total. The summed E-state index contributed by atoms with van der Waals surface area (Å²) in [6.45, 7) is 0.572. The van der Waals surface area contributed by atoms with E-state index in [1.165, 1.54) is 12.1 Å². The molecule has 4 heteroatoms. The minimum absolute atomic E-state index is 0.236. The summed E-state index contributed by atoms with van der Waals surface area (Å²) in [5, 5.41) is 0.630. The Morgan fingerprint density at radius 2 is 2.00 bits per heavy atom. The first-order valence-corrected chi connectivity index (χ1v) is 5.94. The average molecular weight is 265 g/mol. The fraction of sp³-hybridized carbons (Fsp3) is 0.143. The normalized spacial score (nSPS) is 10.4. The van der Waals surface area contributed by atoms with E-state index >= 15 is 0 Å². The quantitative estimate of drug-likeness (QED) is 0.857. The van der Waals surface area contributed by atoms with Gasteiger partial charge < -0.3 is 10.6 Å². The minimum Gasteiger partial charge on any atom is -0.397 e. The Morgan fingerprint density at radius 1 is 1.22 bits per heavy atom. The van der Waals surface area contributed by atoms with Crippen molar-refractivity contribution >= 4 is 23.0 Å². The highest BCUT2D eigenvalue weighted by molar-refractivity contribution is 6.31. The molecular weight excluding hydrogens is 251 g/mol. The molecule has 0 spiro atoms. The third-order valence-electron chi connectivity index (χ3n) is 2.71. The monoisotopic (exact) mass is 264 g/mol. The van der Waals surface area contributed by atoms with Crippen LogP contribution in [0.4, 0.5) is 15.8 Å². The van der Waals surface area contributed by atoms with Crippen molar-refractivity contribution in [2.75, 3.05) is 17.7 Å². The Kier molecular flexibility index (Phi) is 3.72. The zero-order valence-corrected chi connectivity index (χ0v) is 10.8. The molecule has 2 rings (SSSR count). The van der Waals surface area contributed by atoms with Gasteiger partial charge in [0, 0.05) is 18.6 Å². The molecule has 0 aliphatic carbocycles. The second kappa shape index (κ2) is 5.27. The van der Waals surface area contributed by atoms with Crippen molar-refractivity contribution in [3.8, 4) is 0 Å². The Balaban J connectivity index is 2.21. The second-order valence-electron chi connectivity index (χ2n) is 4.19. The highest BCUT2D eigenvalue weighted by Gasteiger charge is 2.07. The first-order chi connectivity index (χ1) is 8.56. The third-order valence-corrected chi connectivity index (χ3v) is 2.95. The van der Waals surface area contributed by atoms with E-state index in [0.717, 1.165) is 11.3 Å². The van der Waals surface area contributed by atoms with Gasteiger partial charge in [0.15, 0.2) is 0 Å². The van der Waals surface area contributed by atoms with Gasteiger partial charge in [0.25, 0.3) is 0 Å². The van der Waals surface area contributed by atoms with Crippen molar-refractivity contribution in [3.05, 3.63) is 58.9 Å². The van der Waals surface area contributed by atoms with Crippen LogP contribution in [0.15, 0.2) is 42.5 Å². The predicted octanol–water partition coefficient (Wildman–Crippen LogP) is 3.70. The maximum atomic E-state index is 13.1. The van der Waals surface area contributed by atoms with Crippen molar-refractivity contribution in [2.24, 2.45) is 0 Å². The van der Waals surface area contributed by atoms with Gasteiger partial charge in [-0.15, -0.1) is 0 Å².